The van der Waals surface area contributed by atoms with Crippen molar-refractivity contribution in [3.8, 4) is 11.4 Å². The van der Waals surface area contributed by atoms with Crippen LogP contribution in [0.1, 0.15) is 19.5 Å². The van der Waals surface area contributed by atoms with Crippen molar-refractivity contribution >= 4 is 15.9 Å². The number of benzene rings is 1. The van der Waals surface area contributed by atoms with Crippen molar-refractivity contribution in [3.63, 3.8) is 0 Å². The van der Waals surface area contributed by atoms with E-state index in [1.54, 1.807) is 0 Å². The maximum atomic E-state index is 13.6. The van der Waals surface area contributed by atoms with E-state index in [1.807, 2.05) is 13.8 Å². The molecule has 0 spiro atoms. The van der Waals surface area contributed by atoms with Crippen LogP contribution in [0.2, 0.25) is 0 Å². The summed E-state index contributed by atoms with van der Waals surface area (Å²) in [6.07, 6.45) is 0. The van der Waals surface area contributed by atoms with E-state index >= 15 is 0 Å². The Hall–Kier alpha value is -1.60. The van der Waals surface area contributed by atoms with Gasteiger partial charge in [0.1, 0.15) is 5.82 Å². The highest BCUT2D eigenvalue weighted by Crippen LogP contribution is 2.29. The summed E-state index contributed by atoms with van der Waals surface area (Å²) in [5, 5.41) is 3.14. The average Bonchev–Trinajstić information content (AvgIpc) is 2.42. The van der Waals surface area contributed by atoms with Crippen molar-refractivity contribution in [1.29, 1.82) is 0 Å². The van der Waals surface area contributed by atoms with Gasteiger partial charge in [-0.1, -0.05) is 13.8 Å². The van der Waals surface area contributed by atoms with Crippen LogP contribution in [0.25, 0.3) is 11.4 Å². The molecule has 2 aromatic rings. The van der Waals surface area contributed by atoms with Crippen molar-refractivity contribution in [2.45, 2.75) is 26.4 Å². The number of hydrogen-bond acceptors (Lipinski definition) is 3. The van der Waals surface area contributed by atoms with Crippen LogP contribution in [0, 0.1) is 11.6 Å². The van der Waals surface area contributed by atoms with Gasteiger partial charge in [-0.3, -0.25) is 4.79 Å². The van der Waals surface area contributed by atoms with Crippen molar-refractivity contribution in [1.82, 2.24) is 15.3 Å². The predicted molar refractivity (Wildman–Crippen MR) is 79.9 cm³/mol. The zero-order valence-corrected chi connectivity index (χ0v) is 13.1. The molecule has 0 atom stereocenters. The fraction of sp³-hybridized carbons (Fsp3) is 0.286. The third kappa shape index (κ3) is 3.74. The van der Waals surface area contributed by atoms with E-state index in [0.29, 0.717) is 12.2 Å². The van der Waals surface area contributed by atoms with Gasteiger partial charge in [0, 0.05) is 24.2 Å². The molecular weight excluding hydrogens is 344 g/mol. The zero-order chi connectivity index (χ0) is 15.6. The first kappa shape index (κ1) is 15.8. The van der Waals surface area contributed by atoms with Crippen LogP contribution in [0.15, 0.2) is 27.5 Å². The average molecular weight is 358 g/mol. The number of aromatic amines is 1. The lowest BCUT2D eigenvalue weighted by atomic mass is 10.2. The molecule has 1 heterocycles. The van der Waals surface area contributed by atoms with Crippen molar-refractivity contribution in [3.05, 3.63) is 50.4 Å². The topological polar surface area (TPSA) is 57.8 Å². The largest absolute Gasteiger partial charge is 0.309 e. The number of rotatable bonds is 4. The summed E-state index contributed by atoms with van der Waals surface area (Å²) in [6, 6.07) is 3.96. The number of nitrogens with zero attached hydrogens (tertiary/aromatic N) is 1. The van der Waals surface area contributed by atoms with Crippen LogP contribution in [-0.2, 0) is 6.54 Å². The van der Waals surface area contributed by atoms with Gasteiger partial charge < -0.3 is 10.3 Å². The fourth-order valence-corrected chi connectivity index (χ4v) is 2.25. The fourth-order valence-electron chi connectivity index (χ4n) is 1.74. The van der Waals surface area contributed by atoms with Gasteiger partial charge in [0.2, 0.25) is 0 Å². The van der Waals surface area contributed by atoms with Gasteiger partial charge in [0.15, 0.2) is 11.6 Å². The van der Waals surface area contributed by atoms with Crippen molar-refractivity contribution in [2.75, 3.05) is 0 Å². The minimum atomic E-state index is -1.01. The summed E-state index contributed by atoms with van der Waals surface area (Å²) in [5.74, 6) is -1.79. The zero-order valence-electron chi connectivity index (χ0n) is 11.5. The maximum absolute atomic E-state index is 13.6. The van der Waals surface area contributed by atoms with Gasteiger partial charge in [-0.2, -0.15) is 0 Å². The molecule has 0 aliphatic carbocycles. The Morgan fingerprint density at radius 1 is 1.38 bits per heavy atom. The summed E-state index contributed by atoms with van der Waals surface area (Å²) in [4.78, 5) is 18.5. The highest BCUT2D eigenvalue weighted by atomic mass is 79.9. The first-order valence-corrected chi connectivity index (χ1v) is 7.15. The normalized spacial score (nSPS) is 11.1. The van der Waals surface area contributed by atoms with Gasteiger partial charge in [-0.15, -0.1) is 0 Å². The summed E-state index contributed by atoms with van der Waals surface area (Å²) in [6.45, 7) is 4.36. The van der Waals surface area contributed by atoms with Crippen LogP contribution in [-0.4, -0.2) is 16.0 Å². The predicted octanol–water partition coefficient (Wildman–Crippen LogP) is 2.98. The van der Waals surface area contributed by atoms with Crippen LogP contribution in [0.3, 0.4) is 0 Å². The first-order valence-electron chi connectivity index (χ1n) is 6.36. The lowest BCUT2D eigenvalue weighted by Gasteiger charge is -2.10. The Kier molecular flexibility index (Phi) is 4.84. The van der Waals surface area contributed by atoms with E-state index in [1.165, 1.54) is 12.1 Å². The SMILES string of the molecule is CC(C)NCc1cc(=O)[nH]c(-c2ccc(F)c(F)c2Br)n1. The highest BCUT2D eigenvalue weighted by molar-refractivity contribution is 9.10. The Morgan fingerprint density at radius 2 is 2.10 bits per heavy atom. The number of aromatic nitrogens is 2. The Labute approximate surface area is 128 Å². The number of hydrogen-bond donors (Lipinski definition) is 2. The number of nitrogens with one attached hydrogen (secondary N) is 2. The molecule has 0 aliphatic heterocycles. The molecule has 1 aromatic heterocycles. The summed E-state index contributed by atoms with van der Waals surface area (Å²) in [7, 11) is 0. The summed E-state index contributed by atoms with van der Waals surface area (Å²) in [5.41, 5.74) is 0.466. The number of H-pyrrole nitrogens is 1. The molecule has 0 saturated carbocycles. The smallest absolute Gasteiger partial charge is 0.251 e. The second-order valence-corrected chi connectivity index (χ2v) is 5.64. The van der Waals surface area contributed by atoms with E-state index in [9.17, 15) is 13.6 Å². The Morgan fingerprint density at radius 3 is 2.76 bits per heavy atom. The van der Waals surface area contributed by atoms with E-state index in [2.05, 4.69) is 31.2 Å². The molecule has 0 bridgehead atoms. The van der Waals surface area contributed by atoms with Gasteiger partial charge in [0.05, 0.1) is 10.2 Å². The molecule has 21 heavy (non-hydrogen) atoms. The molecular formula is C14H14BrF2N3O. The summed E-state index contributed by atoms with van der Waals surface area (Å²) >= 11 is 2.99. The molecule has 4 nitrogen and oxygen atoms in total. The minimum absolute atomic E-state index is 0.0698. The van der Waals surface area contributed by atoms with Crippen molar-refractivity contribution in [2.24, 2.45) is 0 Å². The highest BCUT2D eigenvalue weighted by Gasteiger charge is 2.14. The van der Waals surface area contributed by atoms with Crippen LogP contribution < -0.4 is 10.9 Å². The number of halogens is 3. The first-order chi connectivity index (χ1) is 9.88. The van der Waals surface area contributed by atoms with E-state index in [0.717, 1.165) is 6.07 Å². The Balaban J connectivity index is 2.45. The molecule has 7 heteroatoms. The summed E-state index contributed by atoms with van der Waals surface area (Å²) < 4.78 is 26.6. The van der Waals surface area contributed by atoms with Crippen LogP contribution in [0.4, 0.5) is 8.78 Å². The lowest BCUT2D eigenvalue weighted by molar-refractivity contribution is 0.504. The molecule has 0 unspecified atom stereocenters. The van der Waals surface area contributed by atoms with Gasteiger partial charge in [-0.25, -0.2) is 13.8 Å². The second kappa shape index (κ2) is 6.44. The lowest BCUT2D eigenvalue weighted by Crippen LogP contribution is -2.24. The molecule has 0 radical (unpaired) electrons. The molecule has 2 rings (SSSR count). The van der Waals surface area contributed by atoms with Gasteiger partial charge >= 0.3 is 0 Å². The molecule has 2 N–H and O–H groups in total. The Bertz CT molecular complexity index is 716. The quantitative estimate of drug-likeness (QED) is 0.827. The van der Waals surface area contributed by atoms with Crippen LogP contribution in [0.5, 0.6) is 0 Å². The van der Waals surface area contributed by atoms with Crippen molar-refractivity contribution < 1.29 is 8.78 Å². The molecule has 0 aliphatic rings. The molecule has 0 amide bonds. The molecule has 0 saturated heterocycles. The third-order valence-electron chi connectivity index (χ3n) is 2.78. The van der Waals surface area contributed by atoms with Crippen LogP contribution >= 0.6 is 15.9 Å². The van der Waals surface area contributed by atoms with E-state index in [-0.39, 0.29) is 27.5 Å². The third-order valence-corrected chi connectivity index (χ3v) is 3.55. The molecule has 1 aromatic carbocycles. The monoisotopic (exact) mass is 357 g/mol. The van der Waals surface area contributed by atoms with Gasteiger partial charge in [-0.05, 0) is 28.1 Å². The minimum Gasteiger partial charge on any atom is -0.309 e. The van der Waals surface area contributed by atoms with Gasteiger partial charge in [0.25, 0.3) is 5.56 Å². The standard InChI is InChI=1S/C14H14BrF2N3O/c1-7(2)18-6-8-5-11(21)20-14(19-8)9-3-4-10(16)13(17)12(9)15/h3-5,7,18H,6H2,1-2H3,(H,19,20,21). The molecule has 112 valence electrons. The van der Waals surface area contributed by atoms with E-state index in [4.69, 9.17) is 0 Å². The second-order valence-electron chi connectivity index (χ2n) is 4.84. The maximum Gasteiger partial charge on any atom is 0.251 e. The van der Waals surface area contributed by atoms with E-state index < -0.39 is 11.6 Å². The molecule has 0 fully saturated rings.